The van der Waals surface area contributed by atoms with Gasteiger partial charge in [-0.3, -0.25) is 9.38 Å². The number of hydrogen-bond donors (Lipinski definition) is 0. The summed E-state index contributed by atoms with van der Waals surface area (Å²) in [5.74, 6) is 1.03. The number of piperidine rings is 1. The van der Waals surface area contributed by atoms with Gasteiger partial charge < -0.3 is 4.90 Å². The van der Waals surface area contributed by atoms with Gasteiger partial charge in [-0.15, -0.1) is 0 Å². The smallest absolute Gasteiger partial charge is 0.211 e. The highest BCUT2D eigenvalue weighted by atomic mass is 32.2. The average Bonchev–Trinajstić information content (AvgIpc) is 3.46. The van der Waals surface area contributed by atoms with Crippen LogP contribution in [0.2, 0.25) is 0 Å². The highest BCUT2D eigenvalue weighted by Crippen LogP contribution is 2.46. The van der Waals surface area contributed by atoms with Crippen molar-refractivity contribution >= 4 is 34.3 Å². The third kappa shape index (κ3) is 3.05. The molecule has 5 nitrogen and oxygen atoms in total. The molecule has 2 aliphatic rings. The SMILES string of the molecule is c1ccc2c(Sc3cnc(N4CCC5(CCCC5)CC4)n4ccnc34)ccnc2c1. The number of rotatable bonds is 3. The van der Waals surface area contributed by atoms with Gasteiger partial charge in [-0.05, 0) is 43.2 Å². The summed E-state index contributed by atoms with van der Waals surface area (Å²) in [6, 6.07) is 10.3. The van der Waals surface area contributed by atoms with Gasteiger partial charge in [0.1, 0.15) is 0 Å². The van der Waals surface area contributed by atoms with E-state index in [2.05, 4.69) is 43.5 Å². The Kier molecular flexibility index (Phi) is 4.41. The molecule has 4 heterocycles. The Morgan fingerprint density at radius 1 is 0.833 bits per heavy atom. The van der Waals surface area contributed by atoms with Gasteiger partial charge in [-0.25, -0.2) is 9.97 Å². The van der Waals surface area contributed by atoms with E-state index in [0.717, 1.165) is 40.5 Å². The second kappa shape index (κ2) is 7.27. The molecular weight excluding hydrogens is 390 g/mol. The molecule has 0 unspecified atom stereocenters. The number of hydrogen-bond acceptors (Lipinski definition) is 5. The van der Waals surface area contributed by atoms with Gasteiger partial charge >= 0.3 is 0 Å². The zero-order chi connectivity index (χ0) is 20.0. The molecule has 1 spiro atoms. The lowest BCUT2D eigenvalue weighted by atomic mass is 9.77. The maximum absolute atomic E-state index is 4.91. The van der Waals surface area contributed by atoms with Gasteiger partial charge in [0.2, 0.25) is 5.95 Å². The molecule has 6 heteroatoms. The van der Waals surface area contributed by atoms with Crippen LogP contribution in [-0.2, 0) is 0 Å². The minimum absolute atomic E-state index is 0.614. The molecule has 0 N–H and O–H groups in total. The van der Waals surface area contributed by atoms with Crippen molar-refractivity contribution in [3.8, 4) is 0 Å². The van der Waals surface area contributed by atoms with Crippen molar-refractivity contribution in [1.29, 1.82) is 0 Å². The Morgan fingerprint density at radius 3 is 2.53 bits per heavy atom. The zero-order valence-electron chi connectivity index (χ0n) is 17.0. The lowest BCUT2D eigenvalue weighted by Crippen LogP contribution is -2.40. The normalized spacial score (nSPS) is 18.6. The Balaban J connectivity index is 1.32. The fraction of sp³-hybridized carbons (Fsp3) is 0.375. The second-order valence-electron chi connectivity index (χ2n) is 8.67. The van der Waals surface area contributed by atoms with E-state index in [4.69, 9.17) is 4.98 Å². The van der Waals surface area contributed by atoms with Crippen molar-refractivity contribution in [3.05, 3.63) is 55.1 Å². The Hall–Kier alpha value is -2.60. The summed E-state index contributed by atoms with van der Waals surface area (Å²) in [6.45, 7) is 2.20. The number of pyridine rings is 1. The van der Waals surface area contributed by atoms with E-state index in [1.807, 2.05) is 30.9 Å². The molecule has 1 aromatic carbocycles. The zero-order valence-corrected chi connectivity index (χ0v) is 17.8. The highest BCUT2D eigenvalue weighted by Gasteiger charge is 2.37. The van der Waals surface area contributed by atoms with Crippen LogP contribution in [0.15, 0.2) is 64.9 Å². The minimum atomic E-state index is 0.614. The molecule has 4 aromatic rings. The summed E-state index contributed by atoms with van der Waals surface area (Å²) < 4.78 is 2.17. The molecule has 152 valence electrons. The summed E-state index contributed by atoms with van der Waals surface area (Å²) in [5, 5.41) is 1.16. The fourth-order valence-electron chi connectivity index (χ4n) is 5.27. The largest absolute Gasteiger partial charge is 0.342 e. The van der Waals surface area contributed by atoms with Crippen LogP contribution in [0.25, 0.3) is 16.6 Å². The molecule has 3 aromatic heterocycles. The summed E-state index contributed by atoms with van der Waals surface area (Å²) in [5.41, 5.74) is 2.61. The molecule has 0 atom stereocenters. The van der Waals surface area contributed by atoms with E-state index >= 15 is 0 Å². The van der Waals surface area contributed by atoms with E-state index in [1.165, 1.54) is 43.4 Å². The van der Waals surface area contributed by atoms with E-state index in [1.54, 1.807) is 11.8 Å². The molecule has 1 saturated heterocycles. The molecule has 0 radical (unpaired) electrons. The maximum atomic E-state index is 4.91. The first-order valence-electron chi connectivity index (χ1n) is 10.9. The Bertz CT molecular complexity index is 1200. The average molecular weight is 416 g/mol. The molecule has 6 rings (SSSR count). The van der Waals surface area contributed by atoms with Gasteiger partial charge in [-0.1, -0.05) is 42.8 Å². The fourth-order valence-corrected chi connectivity index (χ4v) is 6.27. The summed E-state index contributed by atoms with van der Waals surface area (Å²) in [7, 11) is 0. The van der Waals surface area contributed by atoms with E-state index in [0.29, 0.717) is 5.41 Å². The number of imidazole rings is 1. The van der Waals surface area contributed by atoms with Crippen molar-refractivity contribution in [2.45, 2.75) is 48.3 Å². The maximum Gasteiger partial charge on any atom is 0.211 e. The van der Waals surface area contributed by atoms with Crippen molar-refractivity contribution in [2.75, 3.05) is 18.0 Å². The van der Waals surface area contributed by atoms with Crippen molar-refractivity contribution in [1.82, 2.24) is 19.4 Å². The Morgan fingerprint density at radius 2 is 1.67 bits per heavy atom. The number of anilines is 1. The van der Waals surface area contributed by atoms with Gasteiger partial charge in [-0.2, -0.15) is 0 Å². The van der Waals surface area contributed by atoms with Crippen molar-refractivity contribution in [2.24, 2.45) is 5.41 Å². The number of aromatic nitrogens is 4. The Labute approximate surface area is 180 Å². The molecule has 30 heavy (non-hydrogen) atoms. The summed E-state index contributed by atoms with van der Waals surface area (Å²) in [4.78, 5) is 18.8. The standard InChI is InChI=1S/C24H25N5S/c1-2-6-19-18(5-1)20(7-12-25-19)30-21-17-27-23(29-16-13-26-22(21)29)28-14-10-24(11-15-28)8-3-4-9-24/h1-2,5-7,12-13,16-17H,3-4,8-11,14-15H2. The van der Waals surface area contributed by atoms with Crippen LogP contribution in [0.5, 0.6) is 0 Å². The minimum Gasteiger partial charge on any atom is -0.342 e. The third-order valence-electron chi connectivity index (χ3n) is 6.97. The van der Waals surface area contributed by atoms with Crippen LogP contribution in [0, 0.1) is 5.41 Å². The van der Waals surface area contributed by atoms with Crippen molar-refractivity contribution < 1.29 is 0 Å². The molecule has 1 aliphatic carbocycles. The highest BCUT2D eigenvalue weighted by molar-refractivity contribution is 7.99. The molecular formula is C24H25N5S. The molecule has 0 bridgehead atoms. The summed E-state index contributed by atoms with van der Waals surface area (Å²) >= 11 is 1.72. The van der Waals surface area contributed by atoms with Gasteiger partial charge in [0.25, 0.3) is 0 Å². The predicted molar refractivity (Wildman–Crippen MR) is 121 cm³/mol. The van der Waals surface area contributed by atoms with E-state index < -0.39 is 0 Å². The first-order chi connectivity index (χ1) is 14.8. The van der Waals surface area contributed by atoms with E-state index in [-0.39, 0.29) is 0 Å². The number of fused-ring (bicyclic) bond motifs is 2. The summed E-state index contributed by atoms with van der Waals surface area (Å²) in [6.07, 6.45) is 16.1. The molecule has 1 aliphatic heterocycles. The van der Waals surface area contributed by atoms with Crippen LogP contribution < -0.4 is 4.90 Å². The molecule has 0 amide bonds. The van der Waals surface area contributed by atoms with Crippen molar-refractivity contribution in [3.63, 3.8) is 0 Å². The molecule has 1 saturated carbocycles. The lowest BCUT2D eigenvalue weighted by molar-refractivity contribution is 0.225. The van der Waals surface area contributed by atoms with Crippen LogP contribution >= 0.6 is 11.8 Å². The lowest BCUT2D eigenvalue weighted by Gasteiger charge is -2.39. The van der Waals surface area contributed by atoms with Crippen LogP contribution in [-0.4, -0.2) is 32.4 Å². The number of para-hydroxylation sites is 1. The monoisotopic (exact) mass is 415 g/mol. The van der Waals surface area contributed by atoms with Crippen LogP contribution in [0.4, 0.5) is 5.95 Å². The first kappa shape index (κ1) is 18.2. The molecule has 2 fully saturated rings. The van der Waals surface area contributed by atoms with Gasteiger partial charge in [0, 0.05) is 48.2 Å². The predicted octanol–water partition coefficient (Wildman–Crippen LogP) is 5.59. The number of benzene rings is 1. The van der Waals surface area contributed by atoms with Gasteiger partial charge in [0.15, 0.2) is 5.65 Å². The van der Waals surface area contributed by atoms with E-state index in [9.17, 15) is 0 Å². The van der Waals surface area contributed by atoms with Crippen LogP contribution in [0.3, 0.4) is 0 Å². The van der Waals surface area contributed by atoms with Crippen LogP contribution in [0.1, 0.15) is 38.5 Å². The third-order valence-corrected chi connectivity index (χ3v) is 8.06. The second-order valence-corrected chi connectivity index (χ2v) is 9.75. The number of nitrogens with zero attached hydrogens (tertiary/aromatic N) is 5. The van der Waals surface area contributed by atoms with Gasteiger partial charge in [0.05, 0.1) is 10.4 Å². The quantitative estimate of drug-likeness (QED) is 0.436. The first-order valence-corrected chi connectivity index (χ1v) is 11.7. The topological polar surface area (TPSA) is 46.3 Å².